The summed E-state index contributed by atoms with van der Waals surface area (Å²) in [5.74, 6) is 1.13. The highest BCUT2D eigenvalue weighted by atomic mass is 79.9. The summed E-state index contributed by atoms with van der Waals surface area (Å²) >= 11 is 5.20. The molecule has 1 atom stereocenters. The average Bonchev–Trinajstić information content (AvgIpc) is 2.72. The molecule has 6 heteroatoms. The van der Waals surface area contributed by atoms with E-state index in [1.165, 1.54) is 24.8 Å². The summed E-state index contributed by atoms with van der Waals surface area (Å²) in [6.07, 6.45) is 4.75. The third kappa shape index (κ3) is 3.49. The minimum Gasteiger partial charge on any atom is -0.329 e. The fourth-order valence-corrected chi connectivity index (χ4v) is 3.92. The van der Waals surface area contributed by atoms with Gasteiger partial charge in [-0.15, -0.1) is 10.2 Å². The number of benzene rings is 1. The van der Waals surface area contributed by atoms with Gasteiger partial charge in [-0.3, -0.25) is 0 Å². The minimum atomic E-state index is 0.217. The summed E-state index contributed by atoms with van der Waals surface area (Å²) in [5, 5.41) is 9.96. The third-order valence-electron chi connectivity index (χ3n) is 3.78. The van der Waals surface area contributed by atoms with Crippen molar-refractivity contribution >= 4 is 27.7 Å². The molecule has 21 heavy (non-hydrogen) atoms. The maximum absolute atomic E-state index is 5.98. The molecule has 2 heterocycles. The molecular formula is C15H19BrN4S. The zero-order valence-electron chi connectivity index (χ0n) is 11.8. The van der Waals surface area contributed by atoms with Crippen molar-refractivity contribution in [3.63, 3.8) is 0 Å². The van der Waals surface area contributed by atoms with Crippen LogP contribution >= 0.6 is 27.7 Å². The minimum absolute atomic E-state index is 0.217. The Morgan fingerprint density at radius 1 is 1.19 bits per heavy atom. The van der Waals surface area contributed by atoms with Gasteiger partial charge in [0.1, 0.15) is 5.82 Å². The molecule has 0 saturated heterocycles. The number of halogens is 1. The zero-order valence-corrected chi connectivity index (χ0v) is 14.2. The summed E-state index contributed by atoms with van der Waals surface area (Å²) in [4.78, 5) is 0. The lowest BCUT2D eigenvalue weighted by Gasteiger charge is -2.15. The number of hydrogen-bond acceptors (Lipinski definition) is 4. The van der Waals surface area contributed by atoms with Gasteiger partial charge in [0, 0.05) is 29.2 Å². The van der Waals surface area contributed by atoms with Gasteiger partial charge in [-0.2, -0.15) is 0 Å². The lowest BCUT2D eigenvalue weighted by molar-refractivity contribution is 0.590. The van der Waals surface area contributed by atoms with Gasteiger partial charge in [0.15, 0.2) is 5.16 Å². The Morgan fingerprint density at radius 3 is 2.76 bits per heavy atom. The highest BCUT2D eigenvalue weighted by molar-refractivity contribution is 9.10. The molecule has 0 aliphatic carbocycles. The van der Waals surface area contributed by atoms with Crippen molar-refractivity contribution in [3.05, 3.63) is 40.1 Å². The number of rotatable bonds is 4. The van der Waals surface area contributed by atoms with Crippen molar-refractivity contribution in [1.82, 2.24) is 14.8 Å². The number of fused-ring (bicyclic) bond motifs is 1. The molecular weight excluding hydrogens is 348 g/mol. The molecule has 0 fully saturated rings. The smallest absolute Gasteiger partial charge is 0.191 e. The summed E-state index contributed by atoms with van der Waals surface area (Å²) in [6.45, 7) is 1.62. The highest BCUT2D eigenvalue weighted by Crippen LogP contribution is 2.35. The first-order valence-electron chi connectivity index (χ1n) is 7.32. The molecule has 3 rings (SSSR count). The Bertz CT molecular complexity index is 596. The van der Waals surface area contributed by atoms with Crippen molar-refractivity contribution in [2.75, 3.05) is 6.54 Å². The number of hydrogen-bond donors (Lipinski definition) is 1. The monoisotopic (exact) mass is 366 g/mol. The molecule has 0 amide bonds. The largest absolute Gasteiger partial charge is 0.329 e. The molecule has 1 unspecified atom stereocenters. The van der Waals surface area contributed by atoms with Crippen molar-refractivity contribution in [3.8, 4) is 0 Å². The topological polar surface area (TPSA) is 56.7 Å². The summed E-state index contributed by atoms with van der Waals surface area (Å²) < 4.78 is 3.36. The molecule has 0 bridgehead atoms. The second-order valence-electron chi connectivity index (χ2n) is 5.25. The normalized spacial score (nSPS) is 16.3. The van der Waals surface area contributed by atoms with Gasteiger partial charge >= 0.3 is 0 Å². The quantitative estimate of drug-likeness (QED) is 0.840. The molecule has 4 nitrogen and oxygen atoms in total. The average molecular weight is 367 g/mol. The number of aryl methyl sites for hydroxylation is 1. The first-order valence-corrected chi connectivity index (χ1v) is 8.99. The highest BCUT2D eigenvalue weighted by Gasteiger charge is 2.19. The number of aromatic nitrogens is 3. The fourth-order valence-electron chi connectivity index (χ4n) is 2.60. The van der Waals surface area contributed by atoms with E-state index in [-0.39, 0.29) is 5.25 Å². The Balaban J connectivity index is 1.81. The number of nitrogens with zero attached hydrogens (tertiary/aromatic N) is 3. The molecule has 1 aromatic heterocycles. The van der Waals surface area contributed by atoms with Crippen LogP contribution in [0.1, 0.15) is 35.9 Å². The maximum Gasteiger partial charge on any atom is 0.191 e. The lowest BCUT2D eigenvalue weighted by atomic mass is 10.1. The Labute approximate surface area is 137 Å². The predicted octanol–water partition coefficient (Wildman–Crippen LogP) is 3.56. The molecule has 0 saturated carbocycles. The Hall–Kier alpha value is -0.850. The molecule has 0 spiro atoms. The molecule has 1 aliphatic rings. The predicted molar refractivity (Wildman–Crippen MR) is 89.4 cm³/mol. The fraction of sp³-hybridized carbons (Fsp3) is 0.467. The van der Waals surface area contributed by atoms with Crippen molar-refractivity contribution in [2.24, 2.45) is 5.73 Å². The molecule has 0 radical (unpaired) electrons. The Kier molecular flexibility index (Phi) is 4.98. The summed E-state index contributed by atoms with van der Waals surface area (Å²) in [7, 11) is 0. The van der Waals surface area contributed by atoms with E-state index in [1.807, 2.05) is 0 Å². The van der Waals surface area contributed by atoms with Gasteiger partial charge in [0.05, 0.1) is 0 Å². The van der Waals surface area contributed by atoms with E-state index in [2.05, 4.69) is 55.0 Å². The summed E-state index contributed by atoms with van der Waals surface area (Å²) in [5.41, 5.74) is 7.21. The number of thioether (sulfide) groups is 1. The van der Waals surface area contributed by atoms with Gasteiger partial charge in [-0.05, 0) is 30.5 Å². The van der Waals surface area contributed by atoms with E-state index in [4.69, 9.17) is 5.73 Å². The van der Waals surface area contributed by atoms with Crippen LogP contribution in [0.3, 0.4) is 0 Å². The molecule has 1 aliphatic heterocycles. The molecule has 112 valence electrons. The first-order chi connectivity index (χ1) is 10.3. The van der Waals surface area contributed by atoms with Crippen molar-refractivity contribution < 1.29 is 0 Å². The van der Waals surface area contributed by atoms with Crippen LogP contribution in [0.25, 0.3) is 0 Å². The maximum atomic E-state index is 5.98. The lowest BCUT2D eigenvalue weighted by Crippen LogP contribution is -2.11. The van der Waals surface area contributed by atoms with E-state index in [0.717, 1.165) is 28.4 Å². The van der Waals surface area contributed by atoms with Crippen LogP contribution in [-0.4, -0.2) is 21.3 Å². The van der Waals surface area contributed by atoms with Crippen LogP contribution in [-0.2, 0) is 13.0 Å². The van der Waals surface area contributed by atoms with Crippen LogP contribution in [0.15, 0.2) is 33.9 Å². The van der Waals surface area contributed by atoms with Crippen LogP contribution < -0.4 is 5.73 Å². The van der Waals surface area contributed by atoms with E-state index in [9.17, 15) is 0 Å². The van der Waals surface area contributed by atoms with Crippen LogP contribution in [0, 0.1) is 0 Å². The van der Waals surface area contributed by atoms with Crippen molar-refractivity contribution in [1.29, 1.82) is 0 Å². The Morgan fingerprint density at radius 2 is 2.00 bits per heavy atom. The van der Waals surface area contributed by atoms with E-state index in [0.29, 0.717) is 6.54 Å². The number of nitrogens with two attached hydrogens (primary N) is 1. The van der Waals surface area contributed by atoms with Crippen LogP contribution in [0.2, 0.25) is 0 Å². The van der Waals surface area contributed by atoms with Crippen LogP contribution in [0.4, 0.5) is 0 Å². The van der Waals surface area contributed by atoms with Crippen LogP contribution in [0.5, 0.6) is 0 Å². The summed E-state index contributed by atoms with van der Waals surface area (Å²) in [6, 6.07) is 8.36. The second-order valence-corrected chi connectivity index (χ2v) is 7.34. The van der Waals surface area contributed by atoms with Crippen molar-refractivity contribution in [2.45, 2.75) is 42.6 Å². The van der Waals surface area contributed by atoms with Gasteiger partial charge < -0.3 is 10.3 Å². The SMILES string of the molecule is NCC(Sc1nnc2n1CCCCC2)c1ccc(Br)cc1. The second kappa shape index (κ2) is 6.94. The van der Waals surface area contributed by atoms with Gasteiger partial charge in [0.2, 0.25) is 0 Å². The molecule has 1 aromatic carbocycles. The van der Waals surface area contributed by atoms with Gasteiger partial charge in [-0.1, -0.05) is 46.2 Å². The molecule has 2 N–H and O–H groups in total. The van der Waals surface area contributed by atoms with E-state index >= 15 is 0 Å². The zero-order chi connectivity index (χ0) is 14.7. The van der Waals surface area contributed by atoms with E-state index in [1.54, 1.807) is 11.8 Å². The van der Waals surface area contributed by atoms with E-state index < -0.39 is 0 Å². The van der Waals surface area contributed by atoms with Gasteiger partial charge in [0.25, 0.3) is 0 Å². The molecule has 2 aromatic rings. The standard InChI is InChI=1S/C15H19BrN4S/c16-12-7-5-11(6-8-12)13(10-17)21-15-19-18-14-4-2-1-3-9-20(14)15/h5-8,13H,1-4,9-10,17H2. The third-order valence-corrected chi connectivity index (χ3v) is 5.57. The first kappa shape index (κ1) is 15.1. The van der Waals surface area contributed by atoms with Gasteiger partial charge in [-0.25, -0.2) is 0 Å².